The molecule has 1 saturated carbocycles. The van der Waals surface area contributed by atoms with Crippen LogP contribution in [-0.2, 0) is 24.0 Å². The third-order valence-electron chi connectivity index (χ3n) is 4.00. The molecule has 1 atom stereocenters. The van der Waals surface area contributed by atoms with Gasteiger partial charge in [-0.25, -0.2) is 4.39 Å². The maximum absolute atomic E-state index is 14.3. The smallest absolute Gasteiger partial charge is 0.287 e. The van der Waals surface area contributed by atoms with Crippen LogP contribution < -0.4 is 5.43 Å². The molecule has 1 aliphatic rings. The number of halogens is 5. The maximum Gasteiger partial charge on any atom is 0.433 e. The number of aryl methyl sites for hydroxylation is 1. The lowest BCUT2D eigenvalue weighted by molar-refractivity contribution is -0.144. The minimum Gasteiger partial charge on any atom is -0.287 e. The van der Waals surface area contributed by atoms with Crippen LogP contribution in [0.5, 0.6) is 0 Å². The maximum atomic E-state index is 14.3. The number of rotatable bonds is 4. The van der Waals surface area contributed by atoms with Crippen LogP contribution in [0.25, 0.3) is 11.3 Å². The van der Waals surface area contributed by atoms with Crippen LogP contribution in [0, 0.1) is 11.7 Å². The largest absolute Gasteiger partial charge is 0.433 e. The highest BCUT2D eigenvalue weighted by atomic mass is 35.5. The third kappa shape index (κ3) is 3.83. The monoisotopic (exact) mass is 408 g/mol. The summed E-state index contributed by atoms with van der Waals surface area (Å²) in [5.41, 5.74) is -3.17. The summed E-state index contributed by atoms with van der Waals surface area (Å²) in [6.45, 7) is 0. The van der Waals surface area contributed by atoms with E-state index in [0.717, 1.165) is 32.0 Å². The van der Waals surface area contributed by atoms with E-state index in [2.05, 4.69) is 5.10 Å². The number of alkyl halides is 3. The van der Waals surface area contributed by atoms with Crippen molar-refractivity contribution >= 4 is 22.4 Å². The molecule has 10 heteroatoms. The van der Waals surface area contributed by atoms with Crippen molar-refractivity contribution in [1.29, 1.82) is 0 Å². The lowest BCUT2D eigenvalue weighted by Gasteiger charge is -2.13. The van der Waals surface area contributed by atoms with Gasteiger partial charge >= 0.3 is 6.18 Å². The molecule has 2 aromatic rings. The normalized spacial score (nSPS) is 15.9. The molecular formula is C16H13ClF4N2O2S. The average molecular weight is 409 g/mol. The summed E-state index contributed by atoms with van der Waals surface area (Å²) >= 11 is 5.96. The Hall–Kier alpha value is -1.74. The summed E-state index contributed by atoms with van der Waals surface area (Å²) < 4.78 is 65.8. The summed E-state index contributed by atoms with van der Waals surface area (Å²) in [6, 6.07) is 2.39. The van der Waals surface area contributed by atoms with E-state index in [-0.39, 0.29) is 15.5 Å². The fourth-order valence-electron chi connectivity index (χ4n) is 2.46. The van der Waals surface area contributed by atoms with Crippen LogP contribution in [0.3, 0.4) is 0 Å². The van der Waals surface area contributed by atoms with Gasteiger partial charge in [0.1, 0.15) is 17.2 Å². The van der Waals surface area contributed by atoms with Gasteiger partial charge in [-0.05, 0) is 30.9 Å². The molecule has 1 aromatic carbocycles. The topological polar surface area (TPSA) is 52.0 Å². The van der Waals surface area contributed by atoms with Gasteiger partial charge in [0.25, 0.3) is 0 Å². The van der Waals surface area contributed by atoms with Crippen LogP contribution in [0.2, 0.25) is 5.02 Å². The summed E-state index contributed by atoms with van der Waals surface area (Å²) in [5, 5.41) is 3.51. The zero-order valence-corrected chi connectivity index (χ0v) is 15.0. The molecule has 0 radical (unpaired) electrons. The molecule has 3 rings (SSSR count). The Balaban J connectivity index is 2.10. The molecule has 0 spiro atoms. The number of benzene rings is 1. The van der Waals surface area contributed by atoms with Crippen LogP contribution >= 0.6 is 11.6 Å². The van der Waals surface area contributed by atoms with E-state index >= 15 is 0 Å². The van der Waals surface area contributed by atoms with E-state index in [1.807, 2.05) is 0 Å². The quantitative estimate of drug-likeness (QED) is 0.723. The van der Waals surface area contributed by atoms with Crippen LogP contribution in [0.15, 0.2) is 27.9 Å². The number of hydrogen-bond donors (Lipinski definition) is 0. The third-order valence-corrected chi connectivity index (χ3v) is 6.02. The first-order valence-corrected chi connectivity index (χ1v) is 9.31. The SMILES string of the molecule is Cn1nc(-c2cc(S(=O)CC3CC3)c(Cl)cc2F)c(=O)cc1C(F)(F)F. The highest BCUT2D eigenvalue weighted by molar-refractivity contribution is 7.85. The Morgan fingerprint density at radius 2 is 1.96 bits per heavy atom. The van der Waals surface area contributed by atoms with E-state index in [9.17, 15) is 26.6 Å². The molecule has 1 unspecified atom stereocenters. The molecule has 0 amide bonds. The lowest BCUT2D eigenvalue weighted by Crippen LogP contribution is -2.23. The number of hydrogen-bond acceptors (Lipinski definition) is 3. The standard InChI is InChI=1S/C16H13ClF4N2O2S/c1-23-14(16(19,20)21)6-12(24)15(22-23)9-4-13(10(17)5-11(9)18)26(25)7-8-2-3-8/h4-6,8H,2-3,7H2,1H3. The molecule has 4 nitrogen and oxygen atoms in total. The lowest BCUT2D eigenvalue weighted by atomic mass is 10.1. The van der Waals surface area contributed by atoms with Crippen molar-refractivity contribution < 1.29 is 21.8 Å². The van der Waals surface area contributed by atoms with Gasteiger partial charge < -0.3 is 0 Å². The second kappa shape index (κ2) is 6.77. The van der Waals surface area contributed by atoms with Crippen molar-refractivity contribution in [3.05, 3.63) is 45.0 Å². The van der Waals surface area contributed by atoms with Gasteiger partial charge in [0.2, 0.25) is 5.43 Å². The average Bonchev–Trinajstić information content (AvgIpc) is 3.32. The van der Waals surface area contributed by atoms with Gasteiger partial charge in [-0.1, -0.05) is 11.6 Å². The molecule has 1 fully saturated rings. The number of nitrogens with zero attached hydrogens (tertiary/aromatic N) is 2. The predicted octanol–water partition coefficient (Wildman–Crippen LogP) is 3.78. The second-order valence-electron chi connectivity index (χ2n) is 6.08. The van der Waals surface area contributed by atoms with Crippen molar-refractivity contribution in [2.75, 3.05) is 5.75 Å². The Bertz CT molecular complexity index is 954. The first-order valence-electron chi connectivity index (χ1n) is 7.61. The van der Waals surface area contributed by atoms with Gasteiger partial charge in [0, 0.05) is 24.4 Å². The fraction of sp³-hybridized carbons (Fsp3) is 0.375. The predicted molar refractivity (Wildman–Crippen MR) is 88.9 cm³/mol. The fourth-order valence-corrected chi connectivity index (χ4v) is 4.34. The van der Waals surface area contributed by atoms with Crippen molar-refractivity contribution in [1.82, 2.24) is 9.78 Å². The molecular weight excluding hydrogens is 396 g/mol. The minimum atomic E-state index is -4.77. The van der Waals surface area contributed by atoms with Crippen molar-refractivity contribution in [3.63, 3.8) is 0 Å². The Kier molecular flexibility index (Phi) is 4.96. The highest BCUT2D eigenvalue weighted by Gasteiger charge is 2.35. The Labute approximate surface area is 153 Å². The zero-order chi connectivity index (χ0) is 19.2. The summed E-state index contributed by atoms with van der Waals surface area (Å²) in [4.78, 5) is 12.2. The van der Waals surface area contributed by atoms with E-state index in [1.165, 1.54) is 0 Å². The van der Waals surface area contributed by atoms with Gasteiger partial charge in [-0.3, -0.25) is 13.7 Å². The van der Waals surface area contributed by atoms with Gasteiger partial charge in [-0.2, -0.15) is 18.3 Å². The van der Waals surface area contributed by atoms with E-state index < -0.39 is 39.6 Å². The summed E-state index contributed by atoms with van der Waals surface area (Å²) in [7, 11) is -0.495. The first kappa shape index (κ1) is 19.0. The molecule has 0 saturated heterocycles. The molecule has 0 N–H and O–H groups in total. The van der Waals surface area contributed by atoms with E-state index in [4.69, 9.17) is 11.6 Å². The zero-order valence-electron chi connectivity index (χ0n) is 13.4. The molecule has 0 aliphatic heterocycles. The van der Waals surface area contributed by atoms with Crippen molar-refractivity contribution in [2.24, 2.45) is 13.0 Å². The molecule has 26 heavy (non-hydrogen) atoms. The van der Waals surface area contributed by atoms with Crippen LogP contribution in [-0.4, -0.2) is 19.7 Å². The molecule has 1 heterocycles. The Morgan fingerprint density at radius 1 is 1.31 bits per heavy atom. The summed E-state index contributed by atoms with van der Waals surface area (Å²) in [6.07, 6.45) is -2.86. The van der Waals surface area contributed by atoms with Gasteiger partial charge in [0.05, 0.1) is 20.7 Å². The van der Waals surface area contributed by atoms with Crippen molar-refractivity contribution in [2.45, 2.75) is 23.9 Å². The Morgan fingerprint density at radius 3 is 2.54 bits per heavy atom. The highest BCUT2D eigenvalue weighted by Crippen LogP contribution is 2.34. The van der Waals surface area contributed by atoms with E-state index in [0.29, 0.717) is 22.4 Å². The van der Waals surface area contributed by atoms with Gasteiger partial charge in [-0.15, -0.1) is 0 Å². The molecule has 0 bridgehead atoms. The molecule has 140 valence electrons. The van der Waals surface area contributed by atoms with E-state index in [1.54, 1.807) is 0 Å². The molecule has 1 aliphatic carbocycles. The van der Waals surface area contributed by atoms with Gasteiger partial charge in [0.15, 0.2) is 0 Å². The first-order chi connectivity index (χ1) is 12.1. The second-order valence-corrected chi connectivity index (χ2v) is 7.95. The van der Waals surface area contributed by atoms with Crippen molar-refractivity contribution in [3.8, 4) is 11.3 Å². The van der Waals surface area contributed by atoms with Crippen LogP contribution in [0.1, 0.15) is 18.5 Å². The van der Waals surface area contributed by atoms with Crippen LogP contribution in [0.4, 0.5) is 17.6 Å². The molecule has 1 aromatic heterocycles. The minimum absolute atomic E-state index is 0.0611. The number of aromatic nitrogens is 2. The summed E-state index contributed by atoms with van der Waals surface area (Å²) in [5.74, 6) is -0.243.